The third-order valence-electron chi connectivity index (χ3n) is 6.04. The van der Waals surface area contributed by atoms with Crippen molar-refractivity contribution >= 4 is 23.2 Å². The standard InChI is InChI=1S/C21H27ClN4O/c1-24-14-10-23-20(24)15-16-8-12-25(13-9-16)19-7-4-11-26(21(19)27)18-6-3-2-5-17(18)22/h2-3,5-6,10,14,16,19H,4,7-9,11-13,15H2,1H3. The molecule has 0 bridgehead atoms. The molecule has 4 rings (SSSR count). The third kappa shape index (κ3) is 3.90. The fourth-order valence-corrected chi connectivity index (χ4v) is 4.66. The quantitative estimate of drug-likeness (QED) is 0.807. The Morgan fingerprint density at radius 1 is 1.15 bits per heavy atom. The maximum Gasteiger partial charge on any atom is 0.244 e. The highest BCUT2D eigenvalue weighted by molar-refractivity contribution is 6.33. The van der Waals surface area contributed by atoms with Crippen molar-refractivity contribution in [1.29, 1.82) is 0 Å². The van der Waals surface area contributed by atoms with Crippen LogP contribution in [0.25, 0.3) is 0 Å². The molecule has 0 spiro atoms. The molecule has 1 unspecified atom stereocenters. The van der Waals surface area contributed by atoms with Crippen LogP contribution < -0.4 is 4.90 Å². The van der Waals surface area contributed by atoms with Gasteiger partial charge in [0, 0.05) is 32.4 Å². The third-order valence-corrected chi connectivity index (χ3v) is 6.36. The maximum atomic E-state index is 13.2. The van der Waals surface area contributed by atoms with Gasteiger partial charge >= 0.3 is 0 Å². The van der Waals surface area contributed by atoms with E-state index in [4.69, 9.17) is 11.6 Å². The molecule has 2 fully saturated rings. The summed E-state index contributed by atoms with van der Waals surface area (Å²) in [5.74, 6) is 2.02. The Kier molecular flexibility index (Phi) is 5.50. The topological polar surface area (TPSA) is 41.4 Å². The molecule has 6 heteroatoms. The number of halogens is 1. The van der Waals surface area contributed by atoms with E-state index in [1.165, 1.54) is 0 Å². The maximum absolute atomic E-state index is 13.2. The number of carbonyl (C=O) groups is 1. The van der Waals surface area contributed by atoms with Crippen molar-refractivity contribution < 1.29 is 4.79 Å². The summed E-state index contributed by atoms with van der Waals surface area (Å²) in [5, 5.41) is 0.653. The smallest absolute Gasteiger partial charge is 0.244 e. The van der Waals surface area contributed by atoms with Crippen molar-refractivity contribution in [3.8, 4) is 0 Å². The average Bonchev–Trinajstić information content (AvgIpc) is 3.08. The van der Waals surface area contributed by atoms with E-state index >= 15 is 0 Å². The van der Waals surface area contributed by atoms with Crippen LogP contribution in [0.15, 0.2) is 36.7 Å². The number of hydrogen-bond donors (Lipinski definition) is 0. The molecule has 2 aliphatic rings. The van der Waals surface area contributed by atoms with E-state index in [1.807, 2.05) is 41.6 Å². The first-order chi connectivity index (χ1) is 13.1. The molecule has 0 aliphatic carbocycles. The molecule has 0 radical (unpaired) electrons. The normalized spacial score (nSPS) is 22.4. The van der Waals surface area contributed by atoms with Gasteiger partial charge in [-0.1, -0.05) is 23.7 Å². The second kappa shape index (κ2) is 8.03. The molecule has 2 saturated heterocycles. The Morgan fingerprint density at radius 3 is 2.63 bits per heavy atom. The number of rotatable bonds is 4. The summed E-state index contributed by atoms with van der Waals surface area (Å²) in [5.41, 5.74) is 0.846. The summed E-state index contributed by atoms with van der Waals surface area (Å²) < 4.78 is 2.11. The zero-order valence-corrected chi connectivity index (χ0v) is 16.6. The van der Waals surface area contributed by atoms with E-state index in [2.05, 4.69) is 21.5 Å². The molecular formula is C21H27ClN4O. The summed E-state index contributed by atoms with van der Waals surface area (Å²) in [4.78, 5) is 21.9. The van der Waals surface area contributed by atoms with Crippen LogP contribution in [-0.4, -0.2) is 46.0 Å². The monoisotopic (exact) mass is 386 g/mol. The summed E-state index contributed by atoms with van der Waals surface area (Å²) in [6, 6.07) is 7.65. The molecule has 27 heavy (non-hydrogen) atoms. The first-order valence-electron chi connectivity index (χ1n) is 9.89. The van der Waals surface area contributed by atoms with Gasteiger partial charge in [0.25, 0.3) is 0 Å². The van der Waals surface area contributed by atoms with Gasteiger partial charge in [-0.2, -0.15) is 0 Å². The largest absolute Gasteiger partial charge is 0.338 e. The second-order valence-corrected chi connectivity index (χ2v) is 8.14. The van der Waals surface area contributed by atoms with Crippen LogP contribution in [0, 0.1) is 5.92 Å². The minimum absolute atomic E-state index is 0.0101. The first kappa shape index (κ1) is 18.5. The van der Waals surface area contributed by atoms with Gasteiger partial charge in [0.15, 0.2) is 0 Å². The molecule has 1 amide bonds. The Bertz CT molecular complexity index is 797. The molecule has 1 aromatic carbocycles. The Labute approximate surface area is 165 Å². The summed E-state index contributed by atoms with van der Waals surface area (Å²) in [6.45, 7) is 2.73. The number of piperidine rings is 2. The van der Waals surface area contributed by atoms with Crippen molar-refractivity contribution in [2.75, 3.05) is 24.5 Å². The number of para-hydroxylation sites is 1. The molecule has 2 aromatic rings. The van der Waals surface area contributed by atoms with Crippen LogP contribution in [0.4, 0.5) is 5.69 Å². The molecule has 0 N–H and O–H groups in total. The van der Waals surface area contributed by atoms with Crippen LogP contribution in [0.1, 0.15) is 31.5 Å². The van der Waals surface area contributed by atoms with E-state index in [0.29, 0.717) is 10.9 Å². The predicted molar refractivity (Wildman–Crippen MR) is 108 cm³/mol. The van der Waals surface area contributed by atoms with Gasteiger partial charge in [0.1, 0.15) is 5.82 Å². The number of aryl methyl sites for hydroxylation is 1. The fourth-order valence-electron chi connectivity index (χ4n) is 4.42. The van der Waals surface area contributed by atoms with Crippen LogP contribution >= 0.6 is 11.6 Å². The molecule has 1 aromatic heterocycles. The van der Waals surface area contributed by atoms with E-state index < -0.39 is 0 Å². The molecule has 0 saturated carbocycles. The number of likely N-dealkylation sites (tertiary alicyclic amines) is 1. The van der Waals surface area contributed by atoms with Crippen molar-refractivity contribution in [3.05, 3.63) is 47.5 Å². The van der Waals surface area contributed by atoms with Crippen molar-refractivity contribution in [2.24, 2.45) is 13.0 Å². The van der Waals surface area contributed by atoms with Crippen molar-refractivity contribution in [2.45, 2.75) is 38.1 Å². The average molecular weight is 387 g/mol. The molecule has 1 atom stereocenters. The zero-order chi connectivity index (χ0) is 18.8. The number of aromatic nitrogens is 2. The SMILES string of the molecule is Cn1ccnc1CC1CCN(C2CCCN(c3ccccc3Cl)C2=O)CC1. The number of hydrogen-bond acceptors (Lipinski definition) is 3. The zero-order valence-electron chi connectivity index (χ0n) is 15.9. The van der Waals surface area contributed by atoms with Crippen molar-refractivity contribution in [3.63, 3.8) is 0 Å². The molecule has 5 nitrogen and oxygen atoms in total. The second-order valence-electron chi connectivity index (χ2n) is 7.74. The lowest BCUT2D eigenvalue weighted by atomic mass is 9.91. The highest BCUT2D eigenvalue weighted by Gasteiger charge is 2.36. The highest BCUT2D eigenvalue weighted by Crippen LogP contribution is 2.31. The Morgan fingerprint density at radius 2 is 1.93 bits per heavy atom. The Balaban J connectivity index is 1.38. The minimum atomic E-state index is -0.0101. The van der Waals surface area contributed by atoms with Gasteiger partial charge < -0.3 is 9.47 Å². The van der Waals surface area contributed by atoms with Crippen LogP contribution in [0.3, 0.4) is 0 Å². The van der Waals surface area contributed by atoms with Crippen LogP contribution in [-0.2, 0) is 18.3 Å². The molecule has 2 aliphatic heterocycles. The summed E-state index contributed by atoms with van der Waals surface area (Å²) in [6.07, 6.45) is 9.13. The number of benzene rings is 1. The van der Waals surface area contributed by atoms with E-state index in [1.54, 1.807) is 0 Å². The minimum Gasteiger partial charge on any atom is -0.338 e. The summed E-state index contributed by atoms with van der Waals surface area (Å²) in [7, 11) is 2.06. The Hall–Kier alpha value is -1.85. The lowest BCUT2D eigenvalue weighted by molar-refractivity contribution is -0.126. The molecule has 144 valence electrons. The van der Waals surface area contributed by atoms with Crippen LogP contribution in [0.2, 0.25) is 5.02 Å². The number of imidazole rings is 1. The van der Waals surface area contributed by atoms with Crippen molar-refractivity contribution in [1.82, 2.24) is 14.5 Å². The number of nitrogens with zero attached hydrogens (tertiary/aromatic N) is 4. The van der Waals surface area contributed by atoms with Gasteiger partial charge in [0.2, 0.25) is 5.91 Å². The first-order valence-corrected chi connectivity index (χ1v) is 10.3. The predicted octanol–water partition coefficient (Wildman–Crippen LogP) is 3.52. The van der Waals surface area contributed by atoms with E-state index in [-0.39, 0.29) is 11.9 Å². The van der Waals surface area contributed by atoms with Crippen LogP contribution in [0.5, 0.6) is 0 Å². The number of amides is 1. The summed E-state index contributed by atoms with van der Waals surface area (Å²) >= 11 is 6.34. The lowest BCUT2D eigenvalue weighted by Gasteiger charge is -2.41. The molecular weight excluding hydrogens is 360 g/mol. The number of carbonyl (C=O) groups excluding carboxylic acids is 1. The highest BCUT2D eigenvalue weighted by atomic mass is 35.5. The van der Waals surface area contributed by atoms with Gasteiger partial charge in [-0.3, -0.25) is 9.69 Å². The lowest BCUT2D eigenvalue weighted by Crippen LogP contribution is -2.54. The van der Waals surface area contributed by atoms with Gasteiger partial charge in [-0.25, -0.2) is 4.98 Å². The van der Waals surface area contributed by atoms with Gasteiger partial charge in [-0.15, -0.1) is 0 Å². The van der Waals surface area contributed by atoms with Gasteiger partial charge in [-0.05, 0) is 56.8 Å². The van der Waals surface area contributed by atoms with E-state index in [9.17, 15) is 4.79 Å². The fraction of sp³-hybridized carbons (Fsp3) is 0.524. The molecule has 3 heterocycles. The number of anilines is 1. The van der Waals surface area contributed by atoms with Gasteiger partial charge in [0.05, 0.1) is 16.8 Å². The van der Waals surface area contributed by atoms with E-state index in [0.717, 1.165) is 63.3 Å².